The largest absolute Gasteiger partial charge is 0.203 e. The van der Waals surface area contributed by atoms with E-state index in [1.807, 2.05) is 36.4 Å². The first-order chi connectivity index (χ1) is 19.1. The molecule has 0 saturated heterocycles. The second-order valence-electron chi connectivity index (χ2n) is 10.7. The highest BCUT2D eigenvalue weighted by Gasteiger charge is 2.16. The van der Waals surface area contributed by atoms with E-state index in [9.17, 15) is 0 Å². The summed E-state index contributed by atoms with van der Waals surface area (Å²) in [5, 5.41) is 0. The van der Waals surface area contributed by atoms with Crippen molar-refractivity contribution in [2.45, 2.75) is 84.5 Å². The Labute approximate surface area is 234 Å². The molecule has 0 heterocycles. The van der Waals surface area contributed by atoms with Crippen molar-refractivity contribution in [3.05, 3.63) is 108 Å². The van der Waals surface area contributed by atoms with Crippen molar-refractivity contribution in [1.82, 2.24) is 0 Å². The Morgan fingerprint density at radius 1 is 0.385 bits per heavy atom. The van der Waals surface area contributed by atoms with Gasteiger partial charge in [0.1, 0.15) is 0 Å². The van der Waals surface area contributed by atoms with E-state index in [0.29, 0.717) is 16.7 Å². The predicted octanol–water partition coefficient (Wildman–Crippen LogP) is 11.6. The molecular weight excluding hydrogens is 482 g/mol. The van der Waals surface area contributed by atoms with Crippen molar-refractivity contribution in [3.63, 3.8) is 0 Å². The van der Waals surface area contributed by atoms with Crippen LogP contribution < -0.4 is 0 Å². The molecule has 204 valence electrons. The van der Waals surface area contributed by atoms with Gasteiger partial charge in [0.2, 0.25) is 0 Å². The van der Waals surface area contributed by atoms with E-state index < -0.39 is 11.6 Å². The van der Waals surface area contributed by atoms with Gasteiger partial charge in [-0.2, -0.15) is 0 Å². The van der Waals surface area contributed by atoms with Gasteiger partial charge in [-0.1, -0.05) is 150 Å². The molecule has 0 nitrogen and oxygen atoms in total. The van der Waals surface area contributed by atoms with E-state index in [1.54, 1.807) is 12.1 Å². The number of benzene rings is 4. The Morgan fingerprint density at radius 3 is 1.26 bits per heavy atom. The van der Waals surface area contributed by atoms with Gasteiger partial charge in [0.15, 0.2) is 11.6 Å². The summed E-state index contributed by atoms with van der Waals surface area (Å²) in [5.74, 6) is -1.59. The minimum absolute atomic E-state index is 0.285. The molecule has 0 radical (unpaired) electrons. The lowest BCUT2D eigenvalue weighted by Crippen LogP contribution is -1.94. The lowest BCUT2D eigenvalue weighted by Gasteiger charge is -2.11. The quantitative estimate of drug-likeness (QED) is 0.144. The van der Waals surface area contributed by atoms with E-state index >= 15 is 8.78 Å². The Hall–Kier alpha value is -3.26. The summed E-state index contributed by atoms with van der Waals surface area (Å²) in [6, 6.07) is 27.6. The van der Waals surface area contributed by atoms with Crippen LogP contribution in [-0.4, -0.2) is 0 Å². The summed E-state index contributed by atoms with van der Waals surface area (Å²) in [6.45, 7) is 4.43. The van der Waals surface area contributed by atoms with E-state index in [-0.39, 0.29) is 5.56 Å². The molecule has 39 heavy (non-hydrogen) atoms. The molecule has 0 aliphatic heterocycles. The molecule has 0 aromatic heterocycles. The minimum Gasteiger partial charge on any atom is -0.203 e. The van der Waals surface area contributed by atoms with E-state index in [4.69, 9.17) is 0 Å². The Balaban J connectivity index is 1.37. The van der Waals surface area contributed by atoms with Gasteiger partial charge in [0, 0.05) is 11.1 Å². The number of hydrogen-bond acceptors (Lipinski definition) is 0. The molecule has 2 heteroatoms. The van der Waals surface area contributed by atoms with Gasteiger partial charge >= 0.3 is 0 Å². The third-order valence-electron chi connectivity index (χ3n) is 7.69. The fourth-order valence-electron chi connectivity index (χ4n) is 5.30. The number of aryl methyl sites for hydroxylation is 2. The summed E-state index contributed by atoms with van der Waals surface area (Å²) < 4.78 is 30.4. The molecular formula is C37H42F2. The van der Waals surface area contributed by atoms with Crippen LogP contribution in [0.25, 0.3) is 33.4 Å². The standard InChI is InChI=1S/C37H42F2/c1-3-5-6-7-8-9-10-11-13-29-16-20-32(21-17-29)34-26-27-35(37(39)36(34)38)33-24-22-31(23-25-33)30-18-14-28(12-4-2)15-19-30/h14-27H,3-13H2,1-2H3. The monoisotopic (exact) mass is 524 g/mol. The van der Waals surface area contributed by atoms with Crippen LogP contribution in [0.5, 0.6) is 0 Å². The zero-order valence-corrected chi connectivity index (χ0v) is 23.6. The van der Waals surface area contributed by atoms with E-state index in [2.05, 4.69) is 50.2 Å². The van der Waals surface area contributed by atoms with Gasteiger partial charge in [-0.15, -0.1) is 0 Å². The maximum Gasteiger partial charge on any atom is 0.167 e. The van der Waals surface area contributed by atoms with Crippen molar-refractivity contribution >= 4 is 0 Å². The molecule has 0 N–H and O–H groups in total. The highest BCUT2D eigenvalue weighted by Crippen LogP contribution is 2.33. The second-order valence-corrected chi connectivity index (χ2v) is 10.7. The first-order valence-electron chi connectivity index (χ1n) is 14.9. The van der Waals surface area contributed by atoms with Gasteiger partial charge in [0.25, 0.3) is 0 Å². The van der Waals surface area contributed by atoms with Gasteiger partial charge in [0.05, 0.1) is 0 Å². The van der Waals surface area contributed by atoms with Gasteiger partial charge in [-0.3, -0.25) is 0 Å². The normalized spacial score (nSPS) is 11.2. The topological polar surface area (TPSA) is 0 Å². The van der Waals surface area contributed by atoms with Crippen LogP contribution in [0.4, 0.5) is 8.78 Å². The van der Waals surface area contributed by atoms with Crippen molar-refractivity contribution in [3.8, 4) is 33.4 Å². The first kappa shape index (κ1) is 28.7. The lowest BCUT2D eigenvalue weighted by atomic mass is 9.96. The number of rotatable bonds is 14. The minimum atomic E-state index is -0.799. The SMILES string of the molecule is CCCCCCCCCCc1ccc(-c2ccc(-c3ccc(-c4ccc(CCC)cc4)cc3)c(F)c2F)cc1. The van der Waals surface area contributed by atoms with Crippen molar-refractivity contribution in [2.75, 3.05) is 0 Å². The second kappa shape index (κ2) is 14.8. The van der Waals surface area contributed by atoms with E-state index in [0.717, 1.165) is 30.4 Å². The van der Waals surface area contributed by atoms with E-state index in [1.165, 1.54) is 62.5 Å². The fraction of sp³-hybridized carbons (Fsp3) is 0.351. The molecule has 0 fully saturated rings. The molecule has 0 amide bonds. The number of hydrogen-bond donors (Lipinski definition) is 0. The highest BCUT2D eigenvalue weighted by atomic mass is 19.2. The zero-order valence-electron chi connectivity index (χ0n) is 23.6. The van der Waals surface area contributed by atoms with Crippen LogP contribution in [0.1, 0.15) is 82.8 Å². The van der Waals surface area contributed by atoms with Crippen LogP contribution >= 0.6 is 0 Å². The molecule has 0 aliphatic rings. The van der Waals surface area contributed by atoms with Gasteiger partial charge in [-0.25, -0.2) is 8.78 Å². The fourth-order valence-corrected chi connectivity index (χ4v) is 5.30. The van der Waals surface area contributed by atoms with Crippen LogP contribution in [0.3, 0.4) is 0 Å². The molecule has 0 spiro atoms. The predicted molar refractivity (Wildman–Crippen MR) is 163 cm³/mol. The van der Waals surface area contributed by atoms with Crippen LogP contribution in [0.15, 0.2) is 84.9 Å². The molecule has 0 saturated carbocycles. The average molecular weight is 525 g/mol. The Morgan fingerprint density at radius 2 is 0.769 bits per heavy atom. The summed E-state index contributed by atoms with van der Waals surface area (Å²) in [6.07, 6.45) is 13.6. The Bertz CT molecular complexity index is 1290. The molecule has 4 rings (SSSR count). The molecule has 0 unspecified atom stereocenters. The maximum absolute atomic E-state index is 15.2. The van der Waals surface area contributed by atoms with Gasteiger partial charge in [-0.05, 0) is 52.6 Å². The first-order valence-corrected chi connectivity index (χ1v) is 14.9. The van der Waals surface area contributed by atoms with Crippen LogP contribution in [0, 0.1) is 11.6 Å². The van der Waals surface area contributed by atoms with Gasteiger partial charge < -0.3 is 0 Å². The average Bonchev–Trinajstić information content (AvgIpc) is 2.97. The third kappa shape index (κ3) is 7.88. The third-order valence-corrected chi connectivity index (χ3v) is 7.69. The molecule has 4 aromatic carbocycles. The molecule has 0 bridgehead atoms. The summed E-state index contributed by atoms with van der Waals surface area (Å²) in [5.41, 5.74) is 6.73. The van der Waals surface area contributed by atoms with Crippen molar-refractivity contribution < 1.29 is 8.78 Å². The summed E-state index contributed by atoms with van der Waals surface area (Å²) in [4.78, 5) is 0. The summed E-state index contributed by atoms with van der Waals surface area (Å²) >= 11 is 0. The maximum atomic E-state index is 15.2. The highest BCUT2D eigenvalue weighted by molar-refractivity contribution is 5.74. The van der Waals surface area contributed by atoms with Crippen LogP contribution in [0.2, 0.25) is 0 Å². The smallest absolute Gasteiger partial charge is 0.167 e. The molecule has 0 atom stereocenters. The molecule has 0 aliphatic carbocycles. The lowest BCUT2D eigenvalue weighted by molar-refractivity contribution is 0.514. The number of halogens is 2. The van der Waals surface area contributed by atoms with Crippen molar-refractivity contribution in [1.29, 1.82) is 0 Å². The van der Waals surface area contributed by atoms with Crippen LogP contribution in [-0.2, 0) is 12.8 Å². The zero-order chi connectivity index (χ0) is 27.5. The molecule has 4 aromatic rings. The summed E-state index contributed by atoms with van der Waals surface area (Å²) in [7, 11) is 0. The van der Waals surface area contributed by atoms with Crippen molar-refractivity contribution in [2.24, 2.45) is 0 Å². The number of unbranched alkanes of at least 4 members (excludes halogenated alkanes) is 7. The Kier molecular flexibility index (Phi) is 10.9.